The molecule has 0 aliphatic rings. The topological polar surface area (TPSA) is 77.0 Å². The van der Waals surface area contributed by atoms with Gasteiger partial charge < -0.3 is 4.74 Å². The van der Waals surface area contributed by atoms with E-state index in [0.717, 1.165) is 17.4 Å². The van der Waals surface area contributed by atoms with E-state index >= 15 is 0 Å². The van der Waals surface area contributed by atoms with Crippen LogP contribution in [-0.2, 0) is 10.9 Å². The second-order valence-electron chi connectivity index (χ2n) is 5.22. The van der Waals surface area contributed by atoms with Crippen LogP contribution in [0.1, 0.15) is 28.0 Å². The summed E-state index contributed by atoms with van der Waals surface area (Å²) in [6.45, 7) is 3.49. The molecule has 0 saturated heterocycles. The molecule has 0 aromatic carbocycles. The van der Waals surface area contributed by atoms with E-state index < -0.39 is 17.8 Å². The Labute approximate surface area is 160 Å². The van der Waals surface area contributed by atoms with Crippen LogP contribution in [0.2, 0.25) is 0 Å². The van der Waals surface area contributed by atoms with Gasteiger partial charge in [0, 0.05) is 0 Å². The monoisotopic (exact) mass is 414 g/mol. The lowest BCUT2D eigenvalue weighted by Gasteiger charge is -2.10. The fourth-order valence-corrected chi connectivity index (χ4v) is 3.67. The summed E-state index contributed by atoms with van der Waals surface area (Å²) in [7, 11) is 0. The van der Waals surface area contributed by atoms with Crippen LogP contribution in [0.3, 0.4) is 0 Å². The van der Waals surface area contributed by atoms with Gasteiger partial charge in [-0.15, -0.1) is 11.3 Å². The molecule has 3 aromatic heterocycles. The Morgan fingerprint density at radius 2 is 2.07 bits per heavy atom. The maximum atomic E-state index is 13.2. The largest absolute Gasteiger partial charge is 0.462 e. The van der Waals surface area contributed by atoms with Crippen LogP contribution in [0.25, 0.3) is 10.6 Å². The number of carbonyl (C=O) groups is 1. The number of nitrogens with zero attached hydrogens (tertiary/aromatic N) is 3. The third kappa shape index (κ3) is 4.42. The highest BCUT2D eigenvalue weighted by Gasteiger charge is 2.34. The normalized spacial score (nSPS) is 11.4. The summed E-state index contributed by atoms with van der Waals surface area (Å²) in [4.78, 5) is 24.5. The van der Waals surface area contributed by atoms with E-state index in [0.29, 0.717) is 10.6 Å². The molecule has 0 bridgehead atoms. The molecular weight excluding hydrogens is 401 g/mol. The van der Waals surface area contributed by atoms with Gasteiger partial charge in [-0.3, -0.25) is 5.32 Å². The first kappa shape index (κ1) is 19.2. The molecule has 0 spiro atoms. The van der Waals surface area contributed by atoms with Gasteiger partial charge in [0.05, 0.1) is 22.9 Å². The molecule has 3 heterocycles. The van der Waals surface area contributed by atoms with Crippen molar-refractivity contribution in [3.8, 4) is 10.6 Å². The van der Waals surface area contributed by atoms with Gasteiger partial charge >= 0.3 is 12.1 Å². The van der Waals surface area contributed by atoms with Crippen molar-refractivity contribution in [2.75, 3.05) is 11.9 Å². The van der Waals surface area contributed by atoms with Gasteiger partial charge in [-0.05, 0) is 31.4 Å². The minimum absolute atomic E-state index is 0.147. The Morgan fingerprint density at radius 3 is 2.70 bits per heavy atom. The number of carbonyl (C=O) groups excluding carboxylic acids is 1. The number of halogens is 3. The molecule has 0 fully saturated rings. The van der Waals surface area contributed by atoms with E-state index in [9.17, 15) is 18.0 Å². The Bertz CT molecular complexity index is 955. The van der Waals surface area contributed by atoms with Crippen LogP contribution >= 0.6 is 22.7 Å². The molecule has 3 aromatic rings. The number of thiazole rings is 1. The van der Waals surface area contributed by atoms with Crippen LogP contribution in [0.15, 0.2) is 23.6 Å². The van der Waals surface area contributed by atoms with Gasteiger partial charge in [-0.1, -0.05) is 17.4 Å². The third-order valence-electron chi connectivity index (χ3n) is 3.27. The van der Waals surface area contributed by atoms with Crippen molar-refractivity contribution in [3.05, 3.63) is 39.8 Å². The fourth-order valence-electron chi connectivity index (χ4n) is 2.13. The van der Waals surface area contributed by atoms with Crippen molar-refractivity contribution >= 4 is 39.7 Å². The molecule has 0 atom stereocenters. The lowest BCUT2D eigenvalue weighted by Crippen LogP contribution is -2.11. The molecule has 3 rings (SSSR count). The number of hydrogen-bond acceptors (Lipinski definition) is 8. The Morgan fingerprint density at radius 1 is 1.30 bits per heavy atom. The molecule has 1 N–H and O–H groups in total. The summed E-state index contributed by atoms with van der Waals surface area (Å²) < 4.78 is 44.5. The van der Waals surface area contributed by atoms with Gasteiger partial charge in [-0.25, -0.2) is 19.7 Å². The van der Waals surface area contributed by atoms with Crippen molar-refractivity contribution in [2.45, 2.75) is 20.0 Å². The smallest absolute Gasteiger partial charge is 0.433 e. The molecule has 0 unspecified atom stereocenters. The first-order valence-corrected chi connectivity index (χ1v) is 9.39. The summed E-state index contributed by atoms with van der Waals surface area (Å²) >= 11 is 2.23. The number of thiophene rings is 1. The van der Waals surface area contributed by atoms with Crippen LogP contribution in [0, 0.1) is 6.92 Å². The van der Waals surface area contributed by atoms with Crippen LogP contribution in [0.5, 0.6) is 0 Å². The molecule has 0 aliphatic heterocycles. The highest BCUT2D eigenvalue weighted by Crippen LogP contribution is 2.33. The fraction of sp³-hybridized carbons (Fsp3) is 0.250. The van der Waals surface area contributed by atoms with E-state index in [2.05, 4.69) is 20.3 Å². The van der Waals surface area contributed by atoms with Crippen molar-refractivity contribution in [1.82, 2.24) is 15.0 Å². The number of rotatable bonds is 5. The molecule has 142 valence electrons. The number of anilines is 2. The molecule has 0 aliphatic carbocycles. The Balaban J connectivity index is 1.96. The number of ether oxygens (including phenoxy) is 1. The first-order chi connectivity index (χ1) is 12.8. The van der Waals surface area contributed by atoms with Crippen molar-refractivity contribution < 1.29 is 22.7 Å². The average Bonchev–Trinajstić information content (AvgIpc) is 3.24. The minimum atomic E-state index is -4.62. The zero-order chi connectivity index (χ0) is 19.6. The van der Waals surface area contributed by atoms with Crippen LogP contribution in [-0.4, -0.2) is 27.5 Å². The molecule has 0 amide bonds. The average molecular weight is 414 g/mol. The van der Waals surface area contributed by atoms with Gasteiger partial charge in [-0.2, -0.15) is 13.2 Å². The molecular formula is C16H13F3N4O2S2. The van der Waals surface area contributed by atoms with Gasteiger partial charge in [0.15, 0.2) is 10.8 Å². The summed E-state index contributed by atoms with van der Waals surface area (Å²) in [5, 5.41) is 4.60. The number of alkyl halides is 3. The number of aromatic nitrogens is 3. The van der Waals surface area contributed by atoms with E-state index in [-0.39, 0.29) is 28.3 Å². The van der Waals surface area contributed by atoms with E-state index in [1.165, 1.54) is 11.3 Å². The number of aryl methyl sites for hydroxylation is 1. The lowest BCUT2D eigenvalue weighted by molar-refractivity contribution is -0.141. The number of hydrogen-bond donors (Lipinski definition) is 1. The predicted molar refractivity (Wildman–Crippen MR) is 96.4 cm³/mol. The zero-order valence-electron chi connectivity index (χ0n) is 14.1. The highest BCUT2D eigenvalue weighted by molar-refractivity contribution is 7.17. The molecule has 0 saturated carbocycles. The van der Waals surface area contributed by atoms with Gasteiger partial charge in [0.25, 0.3) is 0 Å². The summed E-state index contributed by atoms with van der Waals surface area (Å²) in [5.41, 5.74) is -0.512. The lowest BCUT2D eigenvalue weighted by atomic mass is 10.3. The number of nitrogens with one attached hydrogen (secondary N) is 1. The second-order valence-corrected chi connectivity index (χ2v) is 7.16. The van der Waals surface area contributed by atoms with Crippen molar-refractivity contribution in [1.29, 1.82) is 0 Å². The maximum Gasteiger partial charge on any atom is 0.433 e. The highest BCUT2D eigenvalue weighted by atomic mass is 32.1. The zero-order valence-corrected chi connectivity index (χ0v) is 15.8. The third-order valence-corrected chi connectivity index (χ3v) is 5.21. The van der Waals surface area contributed by atoms with Gasteiger partial charge in [0.2, 0.25) is 5.95 Å². The Hall–Kier alpha value is -2.53. The van der Waals surface area contributed by atoms with Crippen LogP contribution in [0.4, 0.5) is 24.3 Å². The quantitative estimate of drug-likeness (QED) is 0.598. The second kappa shape index (κ2) is 7.61. The Kier molecular flexibility index (Phi) is 5.42. The summed E-state index contributed by atoms with van der Waals surface area (Å²) in [5.74, 6) is -0.790. The number of esters is 1. The SMILES string of the molecule is CCOC(=O)c1sc(Nc2nc(-c3cccs3)cc(C(F)(F)F)n2)nc1C. The summed E-state index contributed by atoms with van der Waals surface area (Å²) in [6.07, 6.45) is -4.62. The van der Waals surface area contributed by atoms with E-state index in [1.807, 2.05) is 0 Å². The molecule has 11 heteroatoms. The predicted octanol–water partition coefficient (Wildman–Crippen LogP) is 4.91. The van der Waals surface area contributed by atoms with E-state index in [1.54, 1.807) is 31.4 Å². The minimum Gasteiger partial charge on any atom is -0.462 e. The van der Waals surface area contributed by atoms with Crippen molar-refractivity contribution in [2.24, 2.45) is 0 Å². The summed E-state index contributed by atoms with van der Waals surface area (Å²) in [6, 6.07) is 4.29. The van der Waals surface area contributed by atoms with Gasteiger partial charge in [0.1, 0.15) is 4.88 Å². The first-order valence-electron chi connectivity index (χ1n) is 7.69. The maximum absolute atomic E-state index is 13.2. The van der Waals surface area contributed by atoms with E-state index in [4.69, 9.17) is 4.74 Å². The molecule has 27 heavy (non-hydrogen) atoms. The van der Waals surface area contributed by atoms with Crippen LogP contribution < -0.4 is 5.32 Å². The standard InChI is InChI=1S/C16H13F3N4O2S2/c1-3-25-13(24)12-8(2)20-15(27-12)23-14-21-9(10-5-4-6-26-10)7-11(22-14)16(17,18)19/h4-7H,3H2,1-2H3,(H,20,21,22,23). The molecule has 6 nitrogen and oxygen atoms in total. The molecule has 0 radical (unpaired) electrons. The van der Waals surface area contributed by atoms with Crippen molar-refractivity contribution in [3.63, 3.8) is 0 Å².